The Labute approximate surface area is 110 Å². The number of nitrogens with one attached hydrogen (secondary N) is 1. The first-order chi connectivity index (χ1) is 8.18. The molecule has 92 valence electrons. The van der Waals surface area contributed by atoms with Gasteiger partial charge in [-0.2, -0.15) is 0 Å². The van der Waals surface area contributed by atoms with Crippen LogP contribution in [0.4, 0.5) is 10.5 Å². The van der Waals surface area contributed by atoms with Gasteiger partial charge in [0.05, 0.1) is 5.69 Å². The second-order valence-electron chi connectivity index (χ2n) is 4.41. The number of urea groups is 1. The monoisotopic (exact) mass is 296 g/mol. The van der Waals surface area contributed by atoms with E-state index >= 15 is 0 Å². The quantitative estimate of drug-likeness (QED) is 0.840. The normalized spacial score (nSPS) is 15.8. The van der Waals surface area contributed by atoms with Crippen molar-refractivity contribution < 1.29 is 4.79 Å². The van der Waals surface area contributed by atoms with E-state index in [0.717, 1.165) is 41.7 Å². The van der Waals surface area contributed by atoms with Gasteiger partial charge in [-0.1, -0.05) is 12.1 Å². The first kappa shape index (κ1) is 12.4. The summed E-state index contributed by atoms with van der Waals surface area (Å²) in [5, 5.41) is 2.96. The third kappa shape index (κ3) is 3.00. The Hall–Kier alpha value is -1.03. The Kier molecular flexibility index (Phi) is 4.05. The number of rotatable bonds is 1. The van der Waals surface area contributed by atoms with Crippen LogP contribution < -0.4 is 5.32 Å². The maximum atomic E-state index is 12.0. The predicted molar refractivity (Wildman–Crippen MR) is 73.3 cm³/mol. The molecule has 0 saturated carbocycles. The van der Waals surface area contributed by atoms with Crippen LogP contribution in [-0.4, -0.2) is 24.0 Å². The molecule has 1 heterocycles. The summed E-state index contributed by atoms with van der Waals surface area (Å²) >= 11 is 3.50. The molecule has 0 unspecified atom stereocenters. The molecule has 3 nitrogen and oxygen atoms in total. The van der Waals surface area contributed by atoms with Gasteiger partial charge in [-0.25, -0.2) is 4.79 Å². The highest BCUT2D eigenvalue weighted by Crippen LogP contribution is 2.26. The van der Waals surface area contributed by atoms with Crippen molar-refractivity contribution >= 4 is 27.6 Å². The smallest absolute Gasteiger partial charge is 0.321 e. The Morgan fingerprint density at radius 1 is 1.29 bits per heavy atom. The number of halogens is 1. The third-order valence-electron chi connectivity index (χ3n) is 3.08. The van der Waals surface area contributed by atoms with Crippen molar-refractivity contribution in [2.45, 2.75) is 26.2 Å². The topological polar surface area (TPSA) is 32.3 Å². The molecule has 1 aromatic rings. The molecule has 2 amide bonds. The zero-order valence-electron chi connectivity index (χ0n) is 10.0. The first-order valence-corrected chi connectivity index (χ1v) is 6.79. The number of carbonyl (C=O) groups excluding carboxylic acids is 1. The standard InChI is InChI=1S/C13H17BrN2O/c1-10-6-5-7-11(12(10)14)15-13(17)16-8-3-2-4-9-16/h5-7H,2-4,8-9H2,1H3,(H,15,17). The summed E-state index contributed by atoms with van der Waals surface area (Å²) in [7, 11) is 0. The number of amides is 2. The van der Waals surface area contributed by atoms with E-state index in [1.54, 1.807) is 0 Å². The summed E-state index contributed by atoms with van der Waals surface area (Å²) in [4.78, 5) is 13.9. The van der Waals surface area contributed by atoms with E-state index in [0.29, 0.717) is 0 Å². The number of likely N-dealkylation sites (tertiary alicyclic amines) is 1. The van der Waals surface area contributed by atoms with Gasteiger partial charge in [-0.3, -0.25) is 0 Å². The molecule has 1 N–H and O–H groups in total. The Balaban J connectivity index is 2.04. The van der Waals surface area contributed by atoms with Crippen molar-refractivity contribution in [2.24, 2.45) is 0 Å². The average Bonchev–Trinajstić information content (AvgIpc) is 2.36. The lowest BCUT2D eigenvalue weighted by Crippen LogP contribution is -2.38. The van der Waals surface area contributed by atoms with E-state index in [1.165, 1.54) is 6.42 Å². The highest BCUT2D eigenvalue weighted by atomic mass is 79.9. The highest BCUT2D eigenvalue weighted by molar-refractivity contribution is 9.10. The lowest BCUT2D eigenvalue weighted by Gasteiger charge is -2.27. The number of hydrogen-bond acceptors (Lipinski definition) is 1. The zero-order chi connectivity index (χ0) is 12.3. The predicted octanol–water partition coefficient (Wildman–Crippen LogP) is 3.78. The third-order valence-corrected chi connectivity index (χ3v) is 4.13. The van der Waals surface area contributed by atoms with Crippen LogP contribution in [0.5, 0.6) is 0 Å². The largest absolute Gasteiger partial charge is 0.325 e. The van der Waals surface area contributed by atoms with E-state index < -0.39 is 0 Å². The molecular formula is C13H17BrN2O. The van der Waals surface area contributed by atoms with Gasteiger partial charge in [-0.05, 0) is 53.7 Å². The van der Waals surface area contributed by atoms with Crippen LogP contribution in [0, 0.1) is 6.92 Å². The summed E-state index contributed by atoms with van der Waals surface area (Å²) in [6.45, 7) is 3.76. The van der Waals surface area contributed by atoms with Crippen LogP contribution in [0.15, 0.2) is 22.7 Å². The molecule has 0 aliphatic carbocycles. The molecule has 1 aromatic carbocycles. The zero-order valence-corrected chi connectivity index (χ0v) is 11.6. The number of hydrogen-bond donors (Lipinski definition) is 1. The summed E-state index contributed by atoms with van der Waals surface area (Å²) in [6, 6.07) is 5.89. The van der Waals surface area contributed by atoms with Gasteiger partial charge in [0.2, 0.25) is 0 Å². The average molecular weight is 297 g/mol. The van der Waals surface area contributed by atoms with Gasteiger partial charge in [0.1, 0.15) is 0 Å². The Morgan fingerprint density at radius 3 is 2.71 bits per heavy atom. The maximum Gasteiger partial charge on any atom is 0.321 e. The van der Waals surface area contributed by atoms with Gasteiger partial charge < -0.3 is 10.2 Å². The molecule has 0 spiro atoms. The van der Waals surface area contributed by atoms with Crippen LogP contribution in [0.3, 0.4) is 0 Å². The molecule has 1 fully saturated rings. The van der Waals surface area contributed by atoms with Crippen molar-refractivity contribution in [3.05, 3.63) is 28.2 Å². The minimum absolute atomic E-state index is 0.0102. The van der Waals surface area contributed by atoms with Crippen molar-refractivity contribution in [1.82, 2.24) is 4.90 Å². The van der Waals surface area contributed by atoms with Crippen LogP contribution in [0.25, 0.3) is 0 Å². The minimum atomic E-state index is 0.0102. The van der Waals surface area contributed by atoms with Crippen molar-refractivity contribution in [3.63, 3.8) is 0 Å². The van der Waals surface area contributed by atoms with Gasteiger partial charge >= 0.3 is 6.03 Å². The number of anilines is 1. The summed E-state index contributed by atoms with van der Waals surface area (Å²) < 4.78 is 0.963. The minimum Gasteiger partial charge on any atom is -0.325 e. The van der Waals surface area contributed by atoms with Crippen LogP contribution in [0.2, 0.25) is 0 Å². The Morgan fingerprint density at radius 2 is 2.00 bits per heavy atom. The maximum absolute atomic E-state index is 12.0. The molecule has 0 bridgehead atoms. The number of benzene rings is 1. The molecule has 2 rings (SSSR count). The molecule has 0 atom stereocenters. The van der Waals surface area contributed by atoms with Gasteiger partial charge in [0.25, 0.3) is 0 Å². The SMILES string of the molecule is Cc1cccc(NC(=O)N2CCCCC2)c1Br. The number of piperidine rings is 1. The van der Waals surface area contributed by atoms with Crippen LogP contribution in [-0.2, 0) is 0 Å². The molecule has 17 heavy (non-hydrogen) atoms. The molecule has 0 radical (unpaired) electrons. The van der Waals surface area contributed by atoms with Gasteiger partial charge in [0, 0.05) is 17.6 Å². The molecular weight excluding hydrogens is 280 g/mol. The molecule has 0 aromatic heterocycles. The van der Waals surface area contributed by atoms with E-state index in [9.17, 15) is 4.79 Å². The second-order valence-corrected chi connectivity index (χ2v) is 5.21. The summed E-state index contributed by atoms with van der Waals surface area (Å²) in [5.41, 5.74) is 1.97. The van der Waals surface area contributed by atoms with Crippen molar-refractivity contribution in [3.8, 4) is 0 Å². The van der Waals surface area contributed by atoms with Crippen molar-refractivity contribution in [2.75, 3.05) is 18.4 Å². The number of aryl methyl sites for hydroxylation is 1. The van der Waals surface area contributed by atoms with E-state index in [1.807, 2.05) is 30.0 Å². The summed E-state index contributed by atoms with van der Waals surface area (Å²) in [6.07, 6.45) is 3.46. The molecule has 1 aliphatic rings. The van der Waals surface area contributed by atoms with Gasteiger partial charge in [0.15, 0.2) is 0 Å². The fraction of sp³-hybridized carbons (Fsp3) is 0.462. The fourth-order valence-electron chi connectivity index (χ4n) is 2.04. The highest BCUT2D eigenvalue weighted by Gasteiger charge is 2.17. The number of carbonyl (C=O) groups is 1. The second kappa shape index (κ2) is 5.54. The molecule has 1 aliphatic heterocycles. The van der Waals surface area contributed by atoms with Crippen LogP contribution in [0.1, 0.15) is 24.8 Å². The fourth-order valence-corrected chi connectivity index (χ4v) is 2.40. The van der Waals surface area contributed by atoms with E-state index in [4.69, 9.17) is 0 Å². The Bertz CT molecular complexity index is 414. The summed E-state index contributed by atoms with van der Waals surface area (Å²) in [5.74, 6) is 0. The lowest BCUT2D eigenvalue weighted by atomic mass is 10.1. The first-order valence-electron chi connectivity index (χ1n) is 5.99. The lowest BCUT2D eigenvalue weighted by molar-refractivity contribution is 0.200. The molecule has 1 saturated heterocycles. The van der Waals surface area contributed by atoms with Crippen LogP contribution >= 0.6 is 15.9 Å². The number of nitrogens with zero attached hydrogens (tertiary/aromatic N) is 1. The molecule has 4 heteroatoms. The van der Waals surface area contributed by atoms with E-state index in [-0.39, 0.29) is 6.03 Å². The van der Waals surface area contributed by atoms with E-state index in [2.05, 4.69) is 21.2 Å². The van der Waals surface area contributed by atoms with Gasteiger partial charge in [-0.15, -0.1) is 0 Å². The van der Waals surface area contributed by atoms with Crippen molar-refractivity contribution in [1.29, 1.82) is 0 Å².